The number of phosphoric acid groups is 2. The predicted octanol–water partition coefficient (Wildman–Crippen LogP) is 24.4. The van der Waals surface area contributed by atoms with E-state index in [9.17, 15) is 43.2 Å². The Morgan fingerprint density at radius 2 is 0.491 bits per heavy atom. The van der Waals surface area contributed by atoms with Crippen LogP contribution in [0.5, 0.6) is 0 Å². The second-order valence-corrected chi connectivity index (χ2v) is 30.3. The van der Waals surface area contributed by atoms with Gasteiger partial charge in [-0.15, -0.1) is 0 Å². The molecule has 0 bridgehead atoms. The highest BCUT2D eigenvalue weighted by atomic mass is 31.2. The molecule has 0 aliphatic rings. The summed E-state index contributed by atoms with van der Waals surface area (Å²) in [4.78, 5) is 73.1. The molecule has 106 heavy (non-hydrogen) atoms. The van der Waals surface area contributed by atoms with Crippen LogP contribution in [0.25, 0.3) is 0 Å². The maximum atomic E-state index is 13.1. The van der Waals surface area contributed by atoms with E-state index in [-0.39, 0.29) is 25.7 Å². The lowest BCUT2D eigenvalue weighted by atomic mass is 10.1. The monoisotopic (exact) mass is 1530 g/mol. The van der Waals surface area contributed by atoms with E-state index >= 15 is 0 Å². The summed E-state index contributed by atoms with van der Waals surface area (Å²) < 4.78 is 68.6. The largest absolute Gasteiger partial charge is 0.472 e. The van der Waals surface area contributed by atoms with Gasteiger partial charge in [-0.25, -0.2) is 9.13 Å². The molecule has 2 unspecified atom stereocenters. The van der Waals surface area contributed by atoms with Crippen LogP contribution in [0.1, 0.15) is 336 Å². The third kappa shape index (κ3) is 77.4. The van der Waals surface area contributed by atoms with Gasteiger partial charge in [-0.1, -0.05) is 290 Å². The summed E-state index contributed by atoms with van der Waals surface area (Å²) in [5.74, 6) is -2.35. The van der Waals surface area contributed by atoms with Crippen LogP contribution < -0.4 is 0 Å². The number of phosphoric ester groups is 2. The van der Waals surface area contributed by atoms with Crippen LogP contribution >= 0.6 is 15.6 Å². The van der Waals surface area contributed by atoms with E-state index in [4.69, 9.17) is 37.0 Å². The zero-order chi connectivity index (χ0) is 77.4. The summed E-state index contributed by atoms with van der Waals surface area (Å²) in [5, 5.41) is 10.7. The number of ether oxygens (including phenoxy) is 4. The number of carbonyl (C=O) groups excluding carboxylic acids is 4. The number of hydrogen-bond donors (Lipinski definition) is 3. The first-order valence-electron chi connectivity index (χ1n) is 41.4. The third-order valence-electron chi connectivity index (χ3n) is 17.1. The van der Waals surface area contributed by atoms with E-state index < -0.39 is 97.5 Å². The highest BCUT2D eigenvalue weighted by molar-refractivity contribution is 7.47. The van der Waals surface area contributed by atoms with Crippen LogP contribution in [0, 0.1) is 0 Å². The van der Waals surface area contributed by atoms with Crippen molar-refractivity contribution in [3.63, 3.8) is 0 Å². The molecule has 0 aromatic heterocycles. The minimum atomic E-state index is -5.00. The Morgan fingerprint density at radius 1 is 0.264 bits per heavy atom. The smallest absolute Gasteiger partial charge is 0.462 e. The van der Waals surface area contributed by atoms with Crippen LogP contribution in [-0.2, 0) is 65.4 Å². The Bertz CT molecular complexity index is 2530. The van der Waals surface area contributed by atoms with Crippen molar-refractivity contribution in [1.82, 2.24) is 0 Å². The van der Waals surface area contributed by atoms with E-state index in [0.29, 0.717) is 38.5 Å². The van der Waals surface area contributed by atoms with Gasteiger partial charge in [0, 0.05) is 25.7 Å². The number of hydrogen-bond acceptors (Lipinski definition) is 15. The molecule has 17 nitrogen and oxygen atoms in total. The fourth-order valence-corrected chi connectivity index (χ4v) is 12.3. The molecule has 0 radical (unpaired) electrons. The highest BCUT2D eigenvalue weighted by Crippen LogP contribution is 2.45. The van der Waals surface area contributed by atoms with E-state index in [0.717, 1.165) is 141 Å². The van der Waals surface area contributed by atoms with Crippen molar-refractivity contribution >= 4 is 39.5 Å². The Morgan fingerprint density at radius 3 is 0.830 bits per heavy atom. The average molecular weight is 1530 g/mol. The molecule has 19 heteroatoms. The number of allylic oxidation sites excluding steroid dienone is 22. The molecule has 0 aliphatic heterocycles. The van der Waals surface area contributed by atoms with Gasteiger partial charge in [0.05, 0.1) is 26.4 Å². The summed E-state index contributed by atoms with van der Waals surface area (Å²) in [6, 6.07) is 0. The number of aliphatic hydroxyl groups is 1. The van der Waals surface area contributed by atoms with E-state index in [1.807, 2.05) is 24.3 Å². The minimum absolute atomic E-state index is 0.0332. The van der Waals surface area contributed by atoms with Crippen LogP contribution in [0.3, 0.4) is 0 Å². The Labute approximate surface area is 644 Å². The van der Waals surface area contributed by atoms with Crippen molar-refractivity contribution in [3.8, 4) is 0 Å². The molecule has 0 amide bonds. The third-order valence-corrected chi connectivity index (χ3v) is 19.0. The van der Waals surface area contributed by atoms with Gasteiger partial charge >= 0.3 is 39.5 Å². The lowest BCUT2D eigenvalue weighted by Crippen LogP contribution is -2.30. The van der Waals surface area contributed by atoms with Crippen molar-refractivity contribution < 1.29 is 80.2 Å². The normalized spacial score (nSPS) is 14.5. The fraction of sp³-hybridized carbons (Fsp3) is 0.701. The number of aliphatic hydroxyl groups excluding tert-OH is 1. The zero-order valence-corrected chi connectivity index (χ0v) is 68.4. The average Bonchev–Trinajstić information content (AvgIpc) is 0.909. The Hall–Kier alpha value is -4.80. The van der Waals surface area contributed by atoms with Crippen molar-refractivity contribution in [1.29, 1.82) is 0 Å². The second-order valence-electron chi connectivity index (χ2n) is 27.3. The number of unbranched alkanes of at least 4 members (excludes halogenated alkanes) is 29. The molecule has 0 aromatic carbocycles. The first kappa shape index (κ1) is 101. The van der Waals surface area contributed by atoms with E-state index in [1.54, 1.807) is 0 Å². The highest BCUT2D eigenvalue weighted by Gasteiger charge is 2.30. The topological polar surface area (TPSA) is 237 Å². The number of rotatable bonds is 77. The van der Waals surface area contributed by atoms with Gasteiger partial charge in [0.15, 0.2) is 12.2 Å². The molecule has 5 atom stereocenters. The fourth-order valence-electron chi connectivity index (χ4n) is 10.7. The van der Waals surface area contributed by atoms with Gasteiger partial charge < -0.3 is 33.8 Å². The molecule has 0 heterocycles. The maximum absolute atomic E-state index is 13.1. The molecular formula is C87H148O17P2. The van der Waals surface area contributed by atoms with Crippen molar-refractivity contribution in [2.24, 2.45) is 0 Å². The maximum Gasteiger partial charge on any atom is 0.472 e. The SMILES string of the molecule is CCCCC/C=C\C/C=C\C/C=C\C/C=C\C/C=C\CCC(=O)OC[C@H](COP(=O)(O)OC[C@@H](O)COP(=O)(O)OC[C@@H](COC(=O)CCC/C=C\C/C=C\C/C=C\C/C=C\CCCCC)OC(=O)CCCCCCCCC/C=C\CCCCCC)OC(=O)CCCCCCC/C=C\CCCCCCCC. The van der Waals surface area contributed by atoms with Gasteiger partial charge in [-0.2, -0.15) is 0 Å². The molecule has 0 fully saturated rings. The van der Waals surface area contributed by atoms with E-state index in [1.165, 1.54) is 103 Å². The van der Waals surface area contributed by atoms with Gasteiger partial charge in [0.1, 0.15) is 19.3 Å². The predicted molar refractivity (Wildman–Crippen MR) is 436 cm³/mol. The minimum Gasteiger partial charge on any atom is -0.462 e. The molecule has 3 N–H and O–H groups in total. The van der Waals surface area contributed by atoms with Crippen molar-refractivity contribution in [3.05, 3.63) is 134 Å². The summed E-state index contributed by atoms with van der Waals surface area (Å²) in [5.41, 5.74) is 0. The molecule has 608 valence electrons. The molecule has 0 rings (SSSR count). The lowest BCUT2D eigenvalue weighted by Gasteiger charge is -2.21. The quantitative estimate of drug-likeness (QED) is 0.0169. The first-order chi connectivity index (χ1) is 51.7. The van der Waals surface area contributed by atoms with Crippen LogP contribution in [-0.4, -0.2) is 96.7 Å². The van der Waals surface area contributed by atoms with E-state index in [2.05, 4.69) is 137 Å². The molecule has 0 spiro atoms. The lowest BCUT2D eigenvalue weighted by molar-refractivity contribution is -0.161. The Kier molecular flexibility index (Phi) is 74.8. The van der Waals surface area contributed by atoms with Gasteiger partial charge in [-0.05, 0) is 154 Å². The molecular weight excluding hydrogens is 1380 g/mol. The van der Waals surface area contributed by atoms with Crippen LogP contribution in [0.15, 0.2) is 134 Å². The zero-order valence-electron chi connectivity index (χ0n) is 66.6. The van der Waals surface area contributed by atoms with Crippen LogP contribution in [0.2, 0.25) is 0 Å². The van der Waals surface area contributed by atoms with Crippen LogP contribution in [0.4, 0.5) is 0 Å². The van der Waals surface area contributed by atoms with Crippen molar-refractivity contribution in [2.45, 2.75) is 354 Å². The summed E-state index contributed by atoms with van der Waals surface area (Å²) >= 11 is 0. The Balaban J connectivity index is 5.48. The summed E-state index contributed by atoms with van der Waals surface area (Å²) in [7, 11) is -10.0. The molecule has 0 aliphatic carbocycles. The first-order valence-corrected chi connectivity index (χ1v) is 44.4. The number of carbonyl (C=O) groups is 4. The number of esters is 4. The molecule has 0 saturated carbocycles. The summed E-state index contributed by atoms with van der Waals surface area (Å²) in [6.45, 7) is 4.67. The van der Waals surface area contributed by atoms with Gasteiger partial charge in [0.25, 0.3) is 0 Å². The summed E-state index contributed by atoms with van der Waals surface area (Å²) in [6.07, 6.45) is 88.7. The second kappa shape index (κ2) is 78.3. The van der Waals surface area contributed by atoms with Gasteiger partial charge in [0.2, 0.25) is 0 Å². The standard InChI is InChI=1S/C87H148O17P2/c1-5-9-13-17-21-25-29-33-37-39-40-42-46-48-52-56-60-64-68-72-85(90)98-78-83(104-87(92)74-70-66-62-58-54-50-44-36-32-28-24-20-16-12-8-4)80-102-106(95,96)100-76-81(88)75-99-105(93,94)101-79-82(103-86(91)73-69-65-61-57-53-49-43-35-31-27-23-19-15-11-7-3)77-97-84(89)71-67-63-59-55-51-47-45-41-38-34-30-26-22-18-14-10-6-2/h21-22,25-27,31,33-34,36-38,40,42,44-45,47-48,52,55,59-60,64,81-83,88H,5-20,23-24,28-30,32,35,39,41,43,46,49-51,53-54,56-58,61-63,65-80H2,1-4H3,(H,93,94)(H,95,96)/b25-21-,26-22-,31-27-,37-33-,38-34-,42-40-,44-36-,47-45-,52-48-,59-55-,64-60-/t81-,82+,83+/m0/s1. The molecule has 0 aromatic rings. The van der Waals surface area contributed by atoms with Gasteiger partial charge in [-0.3, -0.25) is 37.3 Å². The molecule has 0 saturated heterocycles. The van der Waals surface area contributed by atoms with Crippen molar-refractivity contribution in [2.75, 3.05) is 39.6 Å².